The van der Waals surface area contributed by atoms with Crippen LogP contribution in [-0.2, 0) is 4.79 Å². The molecule has 0 heterocycles. The van der Waals surface area contributed by atoms with Crippen LogP contribution in [0.5, 0.6) is 0 Å². The van der Waals surface area contributed by atoms with Crippen LogP contribution in [0.2, 0.25) is 0 Å². The van der Waals surface area contributed by atoms with Gasteiger partial charge in [-0.2, -0.15) is 0 Å². The summed E-state index contributed by atoms with van der Waals surface area (Å²) in [6.45, 7) is 4.03. The van der Waals surface area contributed by atoms with Crippen LogP contribution in [0.4, 0.5) is 10.5 Å². The maximum absolute atomic E-state index is 11.7. The lowest BCUT2D eigenvalue weighted by molar-refractivity contribution is -0.141. The minimum Gasteiger partial charge on any atom is -0.481 e. The van der Waals surface area contributed by atoms with Gasteiger partial charge in [0, 0.05) is 16.7 Å². The van der Waals surface area contributed by atoms with Crippen LogP contribution in [0.25, 0.3) is 0 Å². The number of aliphatic carboxylic acids is 1. The molecule has 0 aliphatic heterocycles. The first-order chi connectivity index (χ1) is 9.40. The predicted molar refractivity (Wildman–Crippen MR) is 81.9 cm³/mol. The van der Waals surface area contributed by atoms with Crippen LogP contribution in [0.3, 0.4) is 0 Å². The van der Waals surface area contributed by atoms with Crippen LogP contribution < -0.4 is 10.6 Å². The summed E-state index contributed by atoms with van der Waals surface area (Å²) >= 11 is 3.36. The minimum absolute atomic E-state index is 0.279. The van der Waals surface area contributed by atoms with Crippen molar-refractivity contribution in [1.82, 2.24) is 5.32 Å². The Bertz CT molecular complexity index is 491. The van der Waals surface area contributed by atoms with E-state index in [0.717, 1.165) is 15.7 Å². The van der Waals surface area contributed by atoms with E-state index in [1.54, 1.807) is 6.92 Å². The summed E-state index contributed by atoms with van der Waals surface area (Å²) in [6, 6.07) is 5.32. The number of carboxylic acids is 1. The molecule has 0 aromatic heterocycles. The smallest absolute Gasteiger partial charge is 0.319 e. The zero-order valence-corrected chi connectivity index (χ0v) is 13.2. The van der Waals surface area contributed by atoms with E-state index in [2.05, 4.69) is 26.6 Å². The first-order valence-electron chi connectivity index (χ1n) is 6.44. The molecule has 0 aliphatic carbocycles. The maximum atomic E-state index is 11.7. The van der Waals surface area contributed by atoms with Gasteiger partial charge in [0.25, 0.3) is 0 Å². The summed E-state index contributed by atoms with van der Waals surface area (Å²) in [5.74, 6) is -1.19. The Morgan fingerprint density at radius 3 is 2.70 bits per heavy atom. The fourth-order valence-corrected chi connectivity index (χ4v) is 2.14. The molecule has 0 spiro atoms. The second-order valence-electron chi connectivity index (χ2n) is 4.72. The molecule has 1 rings (SSSR count). The van der Waals surface area contributed by atoms with E-state index in [0.29, 0.717) is 19.4 Å². The molecule has 110 valence electrons. The number of urea groups is 1. The molecule has 0 bridgehead atoms. The Kier molecular flexibility index (Phi) is 6.51. The van der Waals surface area contributed by atoms with E-state index in [1.807, 2.05) is 25.1 Å². The molecular weight excluding hydrogens is 324 g/mol. The van der Waals surface area contributed by atoms with Gasteiger partial charge >= 0.3 is 12.0 Å². The third kappa shape index (κ3) is 5.61. The lowest BCUT2D eigenvalue weighted by atomic mass is 10.1. The van der Waals surface area contributed by atoms with E-state index in [1.165, 1.54) is 0 Å². The number of hydrogen-bond acceptors (Lipinski definition) is 2. The van der Waals surface area contributed by atoms with Crippen molar-refractivity contribution < 1.29 is 14.7 Å². The van der Waals surface area contributed by atoms with Crippen molar-refractivity contribution in [2.75, 3.05) is 11.9 Å². The zero-order valence-electron chi connectivity index (χ0n) is 11.6. The quantitative estimate of drug-likeness (QED) is 0.693. The van der Waals surface area contributed by atoms with E-state index in [9.17, 15) is 9.59 Å². The molecule has 20 heavy (non-hydrogen) atoms. The second-order valence-corrected chi connectivity index (χ2v) is 5.64. The molecule has 0 aliphatic rings. The molecule has 0 fully saturated rings. The number of carbonyl (C=O) groups excluding carboxylic acids is 1. The Hall–Kier alpha value is -1.56. The van der Waals surface area contributed by atoms with E-state index >= 15 is 0 Å². The number of benzene rings is 1. The lowest BCUT2D eigenvalue weighted by Crippen LogP contribution is -2.30. The molecule has 0 saturated carbocycles. The van der Waals surface area contributed by atoms with Gasteiger partial charge in [-0.15, -0.1) is 0 Å². The van der Waals surface area contributed by atoms with Gasteiger partial charge in [0.15, 0.2) is 0 Å². The summed E-state index contributed by atoms with van der Waals surface area (Å²) in [5.41, 5.74) is 1.72. The van der Waals surface area contributed by atoms with Crippen molar-refractivity contribution in [3.8, 4) is 0 Å². The Balaban J connectivity index is 2.32. The van der Waals surface area contributed by atoms with Crippen LogP contribution in [-0.4, -0.2) is 23.7 Å². The van der Waals surface area contributed by atoms with E-state index in [-0.39, 0.29) is 11.9 Å². The summed E-state index contributed by atoms with van der Waals surface area (Å²) in [4.78, 5) is 22.3. The average Bonchev–Trinajstić information content (AvgIpc) is 2.37. The predicted octanol–water partition coefficient (Wildman–Crippen LogP) is 3.38. The average molecular weight is 343 g/mol. The highest BCUT2D eigenvalue weighted by molar-refractivity contribution is 9.10. The maximum Gasteiger partial charge on any atom is 0.319 e. The molecule has 0 saturated heterocycles. The molecule has 1 unspecified atom stereocenters. The largest absolute Gasteiger partial charge is 0.481 e. The first-order valence-corrected chi connectivity index (χ1v) is 7.23. The third-order valence-corrected chi connectivity index (χ3v) is 3.45. The highest BCUT2D eigenvalue weighted by Crippen LogP contribution is 2.19. The SMILES string of the molecule is Cc1cc(Br)ccc1NC(=O)NCCCC(C)C(=O)O. The van der Waals surface area contributed by atoms with Gasteiger partial charge < -0.3 is 15.7 Å². The number of amides is 2. The number of halogens is 1. The van der Waals surface area contributed by atoms with Crippen molar-refractivity contribution in [1.29, 1.82) is 0 Å². The standard InChI is InChI=1S/C14H19BrN2O3/c1-9(13(18)19)4-3-7-16-14(20)17-12-6-5-11(15)8-10(12)2/h5-6,8-9H,3-4,7H2,1-2H3,(H,18,19)(H2,16,17,20). The first kappa shape index (κ1) is 16.5. The Labute approximate surface area is 126 Å². The molecular formula is C14H19BrN2O3. The van der Waals surface area contributed by atoms with E-state index in [4.69, 9.17) is 5.11 Å². The number of nitrogens with one attached hydrogen (secondary N) is 2. The summed E-state index contributed by atoms with van der Waals surface area (Å²) in [5, 5.41) is 14.2. The van der Waals surface area contributed by atoms with E-state index < -0.39 is 5.97 Å². The minimum atomic E-state index is -0.806. The summed E-state index contributed by atoms with van der Waals surface area (Å²) in [7, 11) is 0. The molecule has 1 atom stereocenters. The van der Waals surface area contributed by atoms with Crippen LogP contribution in [0, 0.1) is 12.8 Å². The van der Waals surface area contributed by atoms with Crippen LogP contribution in [0.1, 0.15) is 25.3 Å². The van der Waals surface area contributed by atoms with Crippen molar-refractivity contribution >= 4 is 33.6 Å². The topological polar surface area (TPSA) is 78.4 Å². The molecule has 5 nitrogen and oxygen atoms in total. The normalized spacial score (nSPS) is 11.8. The number of carbonyl (C=O) groups is 2. The second kappa shape index (κ2) is 7.89. The zero-order chi connectivity index (χ0) is 15.1. The van der Waals surface area contributed by atoms with Gasteiger partial charge in [-0.25, -0.2) is 4.79 Å². The fraction of sp³-hybridized carbons (Fsp3) is 0.429. The molecule has 6 heteroatoms. The number of rotatable bonds is 6. The van der Waals surface area contributed by atoms with Crippen LogP contribution >= 0.6 is 15.9 Å². The number of aryl methyl sites for hydroxylation is 1. The van der Waals surface area contributed by atoms with Gasteiger partial charge in [-0.05, 0) is 43.5 Å². The van der Waals surface area contributed by atoms with Crippen molar-refractivity contribution in [2.45, 2.75) is 26.7 Å². The van der Waals surface area contributed by atoms with Gasteiger partial charge in [0.05, 0.1) is 5.92 Å². The number of hydrogen-bond donors (Lipinski definition) is 3. The van der Waals surface area contributed by atoms with Gasteiger partial charge in [0.2, 0.25) is 0 Å². The van der Waals surface area contributed by atoms with Crippen molar-refractivity contribution in [3.05, 3.63) is 28.2 Å². The number of anilines is 1. The highest BCUT2D eigenvalue weighted by Gasteiger charge is 2.10. The Morgan fingerprint density at radius 1 is 1.40 bits per heavy atom. The lowest BCUT2D eigenvalue weighted by Gasteiger charge is -2.11. The van der Waals surface area contributed by atoms with Crippen molar-refractivity contribution in [2.24, 2.45) is 5.92 Å². The molecule has 2 amide bonds. The Morgan fingerprint density at radius 2 is 2.10 bits per heavy atom. The molecule has 1 aromatic carbocycles. The third-order valence-electron chi connectivity index (χ3n) is 2.96. The van der Waals surface area contributed by atoms with Crippen LogP contribution in [0.15, 0.2) is 22.7 Å². The van der Waals surface area contributed by atoms with Gasteiger partial charge in [0.1, 0.15) is 0 Å². The summed E-state index contributed by atoms with van der Waals surface area (Å²) in [6.07, 6.45) is 1.19. The number of carboxylic acid groups (broad SMARTS) is 1. The molecule has 3 N–H and O–H groups in total. The molecule has 0 radical (unpaired) electrons. The fourth-order valence-electron chi connectivity index (χ4n) is 1.67. The highest BCUT2D eigenvalue weighted by atomic mass is 79.9. The van der Waals surface area contributed by atoms with Gasteiger partial charge in [-0.1, -0.05) is 22.9 Å². The molecule has 1 aromatic rings. The summed E-state index contributed by atoms with van der Waals surface area (Å²) < 4.78 is 0.962. The van der Waals surface area contributed by atoms with Crippen molar-refractivity contribution in [3.63, 3.8) is 0 Å². The monoisotopic (exact) mass is 342 g/mol. The van der Waals surface area contributed by atoms with Gasteiger partial charge in [-0.3, -0.25) is 4.79 Å².